The van der Waals surface area contributed by atoms with E-state index in [-0.39, 0.29) is 0 Å². The Morgan fingerprint density at radius 2 is 2.07 bits per heavy atom. The predicted octanol–water partition coefficient (Wildman–Crippen LogP) is 2.51. The van der Waals surface area contributed by atoms with E-state index in [1.165, 1.54) is 12.8 Å². The molecule has 0 fully saturated rings. The molecular formula is C13H28N2. The normalized spacial score (nSPS) is 13.5. The van der Waals surface area contributed by atoms with Crippen LogP contribution in [0.5, 0.6) is 0 Å². The molecule has 0 aromatic rings. The van der Waals surface area contributed by atoms with E-state index < -0.39 is 0 Å². The topological polar surface area (TPSA) is 29.3 Å². The molecule has 1 unspecified atom stereocenters. The summed E-state index contributed by atoms with van der Waals surface area (Å²) in [4.78, 5) is 2.45. The van der Waals surface area contributed by atoms with Gasteiger partial charge in [-0.2, -0.15) is 0 Å². The second kappa shape index (κ2) is 8.93. The zero-order valence-electron chi connectivity index (χ0n) is 10.7. The van der Waals surface area contributed by atoms with Crippen LogP contribution in [0.1, 0.15) is 33.6 Å². The van der Waals surface area contributed by atoms with Crippen LogP contribution in [0.2, 0.25) is 0 Å². The molecule has 0 amide bonds. The van der Waals surface area contributed by atoms with Crippen molar-refractivity contribution in [3.8, 4) is 0 Å². The quantitative estimate of drug-likeness (QED) is 0.595. The molecule has 0 saturated carbocycles. The van der Waals surface area contributed by atoms with Crippen LogP contribution in [0.25, 0.3) is 0 Å². The summed E-state index contributed by atoms with van der Waals surface area (Å²) in [6.45, 7) is 14.6. The summed E-state index contributed by atoms with van der Waals surface area (Å²) < 4.78 is 0. The van der Waals surface area contributed by atoms with E-state index in [4.69, 9.17) is 5.73 Å². The SMILES string of the molecule is C=CCN(CCC)CC(CN)CC(C)C. The monoisotopic (exact) mass is 212 g/mol. The van der Waals surface area contributed by atoms with Crippen molar-refractivity contribution in [3.05, 3.63) is 12.7 Å². The lowest BCUT2D eigenvalue weighted by Crippen LogP contribution is -2.34. The third-order valence-corrected chi connectivity index (χ3v) is 2.58. The Kier molecular flexibility index (Phi) is 8.73. The van der Waals surface area contributed by atoms with E-state index in [0.717, 1.165) is 32.1 Å². The summed E-state index contributed by atoms with van der Waals surface area (Å²) >= 11 is 0. The minimum Gasteiger partial charge on any atom is -0.330 e. The molecule has 2 nitrogen and oxygen atoms in total. The van der Waals surface area contributed by atoms with Crippen LogP contribution < -0.4 is 5.73 Å². The Labute approximate surface area is 95.5 Å². The Hall–Kier alpha value is -0.340. The molecule has 0 aliphatic heterocycles. The smallest absolute Gasteiger partial charge is 0.0160 e. The zero-order valence-corrected chi connectivity index (χ0v) is 10.7. The summed E-state index contributed by atoms with van der Waals surface area (Å²) in [5.41, 5.74) is 5.81. The van der Waals surface area contributed by atoms with Crippen LogP contribution in [0.3, 0.4) is 0 Å². The van der Waals surface area contributed by atoms with Crippen LogP contribution in [0, 0.1) is 11.8 Å². The summed E-state index contributed by atoms with van der Waals surface area (Å²) in [6, 6.07) is 0. The summed E-state index contributed by atoms with van der Waals surface area (Å²) in [6.07, 6.45) is 4.42. The van der Waals surface area contributed by atoms with Gasteiger partial charge in [0.2, 0.25) is 0 Å². The van der Waals surface area contributed by atoms with Crippen LogP contribution in [0.15, 0.2) is 12.7 Å². The van der Waals surface area contributed by atoms with Gasteiger partial charge in [-0.05, 0) is 37.8 Å². The van der Waals surface area contributed by atoms with Crippen LogP contribution >= 0.6 is 0 Å². The molecule has 0 saturated heterocycles. The highest BCUT2D eigenvalue weighted by Crippen LogP contribution is 2.12. The van der Waals surface area contributed by atoms with E-state index in [1.54, 1.807) is 0 Å². The van der Waals surface area contributed by atoms with Gasteiger partial charge in [0.25, 0.3) is 0 Å². The molecule has 0 aliphatic rings. The predicted molar refractivity (Wildman–Crippen MR) is 68.9 cm³/mol. The fraction of sp³-hybridized carbons (Fsp3) is 0.846. The number of nitrogens with two attached hydrogens (primary N) is 1. The molecular weight excluding hydrogens is 184 g/mol. The molecule has 2 N–H and O–H groups in total. The lowest BCUT2D eigenvalue weighted by Gasteiger charge is -2.26. The van der Waals surface area contributed by atoms with Crippen molar-refractivity contribution in [3.63, 3.8) is 0 Å². The first kappa shape index (κ1) is 14.7. The number of hydrogen-bond acceptors (Lipinski definition) is 2. The standard InChI is InChI=1S/C13H28N2/c1-5-7-15(8-6-2)11-13(10-14)9-12(3)4/h5,12-13H,1,6-11,14H2,2-4H3. The maximum absolute atomic E-state index is 5.81. The average Bonchev–Trinajstić information content (AvgIpc) is 2.16. The van der Waals surface area contributed by atoms with Crippen molar-refractivity contribution >= 4 is 0 Å². The van der Waals surface area contributed by atoms with Crippen molar-refractivity contribution in [2.24, 2.45) is 17.6 Å². The van der Waals surface area contributed by atoms with E-state index in [0.29, 0.717) is 5.92 Å². The van der Waals surface area contributed by atoms with Gasteiger partial charge in [0, 0.05) is 13.1 Å². The van der Waals surface area contributed by atoms with Gasteiger partial charge < -0.3 is 5.73 Å². The van der Waals surface area contributed by atoms with E-state index in [1.807, 2.05) is 6.08 Å². The highest BCUT2D eigenvalue weighted by Gasteiger charge is 2.12. The average molecular weight is 212 g/mol. The van der Waals surface area contributed by atoms with E-state index in [9.17, 15) is 0 Å². The second-order valence-electron chi connectivity index (χ2n) is 4.78. The van der Waals surface area contributed by atoms with Crippen molar-refractivity contribution in [2.45, 2.75) is 33.6 Å². The molecule has 0 heterocycles. The molecule has 0 bridgehead atoms. The Bertz CT molecular complexity index is 155. The van der Waals surface area contributed by atoms with Crippen LogP contribution in [0.4, 0.5) is 0 Å². The van der Waals surface area contributed by atoms with Gasteiger partial charge in [-0.25, -0.2) is 0 Å². The number of hydrogen-bond donors (Lipinski definition) is 1. The molecule has 0 aliphatic carbocycles. The zero-order chi connectivity index (χ0) is 11.7. The molecule has 2 heteroatoms. The van der Waals surface area contributed by atoms with Gasteiger partial charge in [0.05, 0.1) is 0 Å². The fourth-order valence-electron chi connectivity index (χ4n) is 2.03. The first-order valence-corrected chi connectivity index (χ1v) is 6.17. The Morgan fingerprint density at radius 1 is 1.40 bits per heavy atom. The van der Waals surface area contributed by atoms with Crippen LogP contribution in [-0.4, -0.2) is 31.1 Å². The third-order valence-electron chi connectivity index (χ3n) is 2.58. The van der Waals surface area contributed by atoms with Gasteiger partial charge in [0.15, 0.2) is 0 Å². The third kappa shape index (κ3) is 7.57. The van der Waals surface area contributed by atoms with Crippen molar-refractivity contribution in [1.29, 1.82) is 0 Å². The van der Waals surface area contributed by atoms with Gasteiger partial charge in [-0.1, -0.05) is 26.8 Å². The highest BCUT2D eigenvalue weighted by molar-refractivity contribution is 4.76. The first-order valence-electron chi connectivity index (χ1n) is 6.17. The Morgan fingerprint density at radius 3 is 2.47 bits per heavy atom. The van der Waals surface area contributed by atoms with E-state index in [2.05, 4.69) is 32.3 Å². The fourth-order valence-corrected chi connectivity index (χ4v) is 2.03. The molecule has 15 heavy (non-hydrogen) atoms. The molecule has 0 aromatic heterocycles. The maximum atomic E-state index is 5.81. The van der Waals surface area contributed by atoms with E-state index >= 15 is 0 Å². The lowest BCUT2D eigenvalue weighted by atomic mass is 9.96. The Balaban J connectivity index is 4.02. The minimum absolute atomic E-state index is 0.636. The molecule has 90 valence electrons. The van der Waals surface area contributed by atoms with Crippen LogP contribution in [-0.2, 0) is 0 Å². The highest BCUT2D eigenvalue weighted by atomic mass is 15.1. The first-order chi connectivity index (χ1) is 7.13. The van der Waals surface area contributed by atoms with Gasteiger partial charge in [-0.3, -0.25) is 4.90 Å². The minimum atomic E-state index is 0.636. The molecule has 0 aromatic carbocycles. The maximum Gasteiger partial charge on any atom is 0.0160 e. The largest absolute Gasteiger partial charge is 0.330 e. The van der Waals surface area contributed by atoms with Crippen molar-refractivity contribution in [2.75, 3.05) is 26.2 Å². The second-order valence-corrected chi connectivity index (χ2v) is 4.78. The summed E-state index contributed by atoms with van der Waals surface area (Å²) in [7, 11) is 0. The van der Waals surface area contributed by atoms with Gasteiger partial charge in [0.1, 0.15) is 0 Å². The van der Waals surface area contributed by atoms with Gasteiger partial charge in [-0.15, -0.1) is 6.58 Å². The summed E-state index contributed by atoms with van der Waals surface area (Å²) in [5.74, 6) is 1.38. The molecule has 1 atom stereocenters. The summed E-state index contributed by atoms with van der Waals surface area (Å²) in [5, 5.41) is 0. The number of rotatable bonds is 9. The van der Waals surface area contributed by atoms with Crippen molar-refractivity contribution in [1.82, 2.24) is 4.90 Å². The molecule has 0 spiro atoms. The van der Waals surface area contributed by atoms with Gasteiger partial charge >= 0.3 is 0 Å². The molecule has 0 rings (SSSR count). The number of nitrogens with zero attached hydrogens (tertiary/aromatic N) is 1. The lowest BCUT2D eigenvalue weighted by molar-refractivity contribution is 0.236. The molecule has 0 radical (unpaired) electrons. The van der Waals surface area contributed by atoms with Crippen molar-refractivity contribution < 1.29 is 0 Å².